The van der Waals surface area contributed by atoms with Gasteiger partial charge in [0.1, 0.15) is 0 Å². The van der Waals surface area contributed by atoms with Crippen molar-refractivity contribution in [2.45, 2.75) is 51.9 Å². The number of halogens is 1. The molecule has 0 aliphatic heterocycles. The van der Waals surface area contributed by atoms with Crippen LogP contribution in [-0.2, 0) is 11.3 Å². The minimum absolute atomic E-state index is 0.501. The standard InChI is InChI=1S/C16H24ClNO/c1-16(2)8-5-13(6-9-16)14-4-3-12(7-10-19-18)11-15(14)17/h3-4,11,13H,5-10,18H2,1-2H3. The van der Waals surface area contributed by atoms with Gasteiger partial charge in [-0.15, -0.1) is 0 Å². The number of benzene rings is 1. The highest BCUT2D eigenvalue weighted by atomic mass is 35.5. The second-order valence-corrected chi connectivity index (χ2v) is 6.82. The number of nitrogens with two attached hydrogens (primary N) is 1. The zero-order chi connectivity index (χ0) is 13.9. The molecular weight excluding hydrogens is 258 g/mol. The first-order valence-electron chi connectivity index (χ1n) is 7.12. The molecule has 0 amide bonds. The van der Waals surface area contributed by atoms with Gasteiger partial charge in [-0.05, 0) is 60.6 Å². The van der Waals surface area contributed by atoms with Crippen molar-refractivity contribution in [3.05, 3.63) is 34.3 Å². The Bertz CT molecular complexity index is 421. The maximum Gasteiger partial charge on any atom is 0.0719 e. The first-order valence-corrected chi connectivity index (χ1v) is 7.50. The monoisotopic (exact) mass is 281 g/mol. The Balaban J connectivity index is 2.05. The molecule has 2 N–H and O–H groups in total. The summed E-state index contributed by atoms with van der Waals surface area (Å²) in [7, 11) is 0. The van der Waals surface area contributed by atoms with E-state index in [-0.39, 0.29) is 0 Å². The van der Waals surface area contributed by atoms with Crippen molar-refractivity contribution in [2.75, 3.05) is 6.61 Å². The summed E-state index contributed by atoms with van der Waals surface area (Å²) >= 11 is 6.44. The Morgan fingerprint density at radius 1 is 1.32 bits per heavy atom. The van der Waals surface area contributed by atoms with E-state index in [9.17, 15) is 0 Å². The van der Waals surface area contributed by atoms with Crippen LogP contribution in [0.15, 0.2) is 18.2 Å². The molecule has 0 spiro atoms. The van der Waals surface area contributed by atoms with Gasteiger partial charge in [0.15, 0.2) is 0 Å². The fourth-order valence-corrected chi connectivity index (χ4v) is 3.30. The third-order valence-corrected chi connectivity index (χ3v) is 4.68. The summed E-state index contributed by atoms with van der Waals surface area (Å²) in [5.41, 5.74) is 3.01. The Labute approximate surface area is 121 Å². The molecule has 0 saturated heterocycles. The third kappa shape index (κ3) is 3.95. The molecule has 0 heterocycles. The molecule has 1 fully saturated rings. The number of hydrogen-bond acceptors (Lipinski definition) is 2. The topological polar surface area (TPSA) is 35.2 Å². The Morgan fingerprint density at radius 2 is 2.00 bits per heavy atom. The van der Waals surface area contributed by atoms with Gasteiger partial charge in [-0.2, -0.15) is 0 Å². The lowest BCUT2D eigenvalue weighted by atomic mass is 9.71. The van der Waals surface area contributed by atoms with Crippen LogP contribution in [-0.4, -0.2) is 6.61 Å². The molecule has 19 heavy (non-hydrogen) atoms. The van der Waals surface area contributed by atoms with E-state index < -0.39 is 0 Å². The molecule has 1 aromatic carbocycles. The van der Waals surface area contributed by atoms with E-state index in [1.54, 1.807) is 0 Å². The van der Waals surface area contributed by atoms with E-state index >= 15 is 0 Å². The van der Waals surface area contributed by atoms with Gasteiger partial charge in [-0.25, -0.2) is 5.90 Å². The largest absolute Gasteiger partial charge is 0.304 e. The minimum atomic E-state index is 0.501. The molecule has 0 atom stereocenters. The predicted molar refractivity (Wildman–Crippen MR) is 80.3 cm³/mol. The van der Waals surface area contributed by atoms with Crippen molar-refractivity contribution in [2.24, 2.45) is 11.3 Å². The quantitative estimate of drug-likeness (QED) is 0.827. The van der Waals surface area contributed by atoms with E-state index in [2.05, 4.69) is 36.9 Å². The summed E-state index contributed by atoms with van der Waals surface area (Å²) in [6, 6.07) is 6.41. The van der Waals surface area contributed by atoms with Crippen LogP contribution < -0.4 is 5.90 Å². The lowest BCUT2D eigenvalue weighted by Gasteiger charge is -2.34. The first-order chi connectivity index (χ1) is 9.02. The molecule has 106 valence electrons. The number of rotatable bonds is 4. The maximum absolute atomic E-state index is 6.44. The second kappa shape index (κ2) is 6.25. The van der Waals surface area contributed by atoms with Crippen LogP contribution in [0.2, 0.25) is 5.02 Å². The number of hydrogen-bond donors (Lipinski definition) is 1. The molecule has 1 aromatic rings. The van der Waals surface area contributed by atoms with Gasteiger partial charge in [-0.1, -0.05) is 37.6 Å². The lowest BCUT2D eigenvalue weighted by molar-refractivity contribution is 0.141. The van der Waals surface area contributed by atoms with Crippen LogP contribution in [0.25, 0.3) is 0 Å². The van der Waals surface area contributed by atoms with Crippen molar-refractivity contribution in [3.8, 4) is 0 Å². The van der Waals surface area contributed by atoms with Crippen molar-refractivity contribution < 1.29 is 4.84 Å². The molecule has 0 unspecified atom stereocenters. The third-order valence-electron chi connectivity index (χ3n) is 4.35. The van der Waals surface area contributed by atoms with Crippen LogP contribution in [0.5, 0.6) is 0 Å². The molecule has 3 heteroatoms. The first kappa shape index (κ1) is 14.8. The fraction of sp³-hybridized carbons (Fsp3) is 0.625. The van der Waals surface area contributed by atoms with Gasteiger partial charge >= 0.3 is 0 Å². The van der Waals surface area contributed by atoms with Gasteiger partial charge in [0.25, 0.3) is 0 Å². The highest BCUT2D eigenvalue weighted by Gasteiger charge is 2.28. The normalized spacial score (nSPS) is 19.6. The highest BCUT2D eigenvalue weighted by Crippen LogP contribution is 2.44. The van der Waals surface area contributed by atoms with Crippen LogP contribution in [0.3, 0.4) is 0 Å². The molecule has 0 aromatic heterocycles. The summed E-state index contributed by atoms with van der Waals surface area (Å²) in [4.78, 5) is 4.61. The van der Waals surface area contributed by atoms with E-state index in [1.807, 2.05) is 0 Å². The van der Waals surface area contributed by atoms with E-state index in [4.69, 9.17) is 17.5 Å². The van der Waals surface area contributed by atoms with Gasteiger partial charge in [0.05, 0.1) is 6.61 Å². The zero-order valence-electron chi connectivity index (χ0n) is 11.9. The maximum atomic E-state index is 6.44. The lowest BCUT2D eigenvalue weighted by Crippen LogP contribution is -2.20. The van der Waals surface area contributed by atoms with Gasteiger partial charge in [0.2, 0.25) is 0 Å². The minimum Gasteiger partial charge on any atom is -0.304 e. The molecular formula is C16H24ClNO. The summed E-state index contributed by atoms with van der Waals surface area (Å²) < 4.78 is 0. The van der Waals surface area contributed by atoms with Gasteiger partial charge < -0.3 is 4.84 Å². The summed E-state index contributed by atoms with van der Waals surface area (Å²) in [6.45, 7) is 5.26. The Hall–Kier alpha value is -0.570. The van der Waals surface area contributed by atoms with E-state index in [1.165, 1.54) is 36.8 Å². The van der Waals surface area contributed by atoms with E-state index in [0.29, 0.717) is 17.9 Å². The van der Waals surface area contributed by atoms with Crippen LogP contribution in [0.1, 0.15) is 56.6 Å². The SMILES string of the molecule is CC1(C)CCC(c2ccc(CCON)cc2Cl)CC1. The van der Waals surface area contributed by atoms with Crippen molar-refractivity contribution >= 4 is 11.6 Å². The van der Waals surface area contributed by atoms with Crippen LogP contribution >= 0.6 is 11.6 Å². The molecule has 1 saturated carbocycles. The van der Waals surface area contributed by atoms with Gasteiger partial charge in [-0.3, -0.25) is 0 Å². The summed E-state index contributed by atoms with van der Waals surface area (Å²) in [6.07, 6.45) is 5.89. The molecule has 2 nitrogen and oxygen atoms in total. The molecule has 1 aliphatic rings. The second-order valence-electron chi connectivity index (χ2n) is 6.42. The van der Waals surface area contributed by atoms with Gasteiger partial charge in [0, 0.05) is 5.02 Å². The van der Waals surface area contributed by atoms with Crippen LogP contribution in [0, 0.1) is 5.41 Å². The van der Waals surface area contributed by atoms with Crippen molar-refractivity contribution in [1.82, 2.24) is 0 Å². The molecule has 1 aliphatic carbocycles. The Morgan fingerprint density at radius 3 is 2.58 bits per heavy atom. The van der Waals surface area contributed by atoms with E-state index in [0.717, 1.165) is 11.4 Å². The Kier molecular flexibility index (Phi) is 4.88. The zero-order valence-corrected chi connectivity index (χ0v) is 12.7. The van der Waals surface area contributed by atoms with Crippen LogP contribution in [0.4, 0.5) is 0 Å². The summed E-state index contributed by atoms with van der Waals surface area (Å²) in [5, 5.41) is 0.902. The highest BCUT2D eigenvalue weighted by molar-refractivity contribution is 6.31. The molecule has 2 rings (SSSR count). The average molecular weight is 282 g/mol. The summed E-state index contributed by atoms with van der Waals surface area (Å²) in [5.74, 6) is 5.68. The molecule has 0 radical (unpaired) electrons. The predicted octanol–water partition coefficient (Wildman–Crippen LogP) is 4.46. The van der Waals surface area contributed by atoms with Crippen molar-refractivity contribution in [1.29, 1.82) is 0 Å². The smallest absolute Gasteiger partial charge is 0.0719 e. The average Bonchev–Trinajstić information content (AvgIpc) is 2.37. The fourth-order valence-electron chi connectivity index (χ4n) is 2.94. The van der Waals surface area contributed by atoms with Crippen molar-refractivity contribution in [3.63, 3.8) is 0 Å². The molecule has 0 bridgehead atoms.